The Morgan fingerprint density at radius 2 is 1.90 bits per heavy atom. The summed E-state index contributed by atoms with van der Waals surface area (Å²) >= 11 is 2.14. The molecule has 0 bridgehead atoms. The Morgan fingerprint density at radius 3 is 2.38 bits per heavy atom. The topological polar surface area (TPSA) is 66.5 Å². The number of anilines is 1. The zero-order valence-electron chi connectivity index (χ0n) is 12.5. The third-order valence-corrected chi connectivity index (χ3v) is 4.79. The minimum absolute atomic E-state index is 0.0423. The monoisotopic (exact) mass is 424 g/mol. The molecular formula is C14H21IN2O3S. The van der Waals surface area contributed by atoms with Gasteiger partial charge < -0.3 is 5.32 Å². The summed E-state index contributed by atoms with van der Waals surface area (Å²) in [7, 11) is -3.50. The van der Waals surface area contributed by atoms with Gasteiger partial charge in [0.1, 0.15) is 6.54 Å². The first-order chi connectivity index (χ1) is 9.74. The predicted octanol–water partition coefficient (Wildman–Crippen LogP) is 2.36. The predicted molar refractivity (Wildman–Crippen MR) is 93.9 cm³/mol. The highest BCUT2D eigenvalue weighted by Gasteiger charge is 2.21. The number of rotatable bonds is 7. The molecule has 0 aliphatic carbocycles. The van der Waals surface area contributed by atoms with Crippen molar-refractivity contribution in [2.24, 2.45) is 0 Å². The van der Waals surface area contributed by atoms with E-state index in [0.29, 0.717) is 5.69 Å². The summed E-state index contributed by atoms with van der Waals surface area (Å²) in [6.45, 7) is 3.75. The van der Waals surface area contributed by atoms with Gasteiger partial charge in [0, 0.05) is 9.61 Å². The molecule has 1 N–H and O–H groups in total. The number of nitrogens with one attached hydrogen (secondary N) is 1. The van der Waals surface area contributed by atoms with Gasteiger partial charge in [-0.15, -0.1) is 0 Å². The molecule has 0 aliphatic rings. The van der Waals surface area contributed by atoms with Crippen molar-refractivity contribution >= 4 is 44.2 Å². The maximum absolute atomic E-state index is 12.0. The van der Waals surface area contributed by atoms with Gasteiger partial charge in [0.15, 0.2) is 0 Å². The molecule has 0 spiro atoms. The molecule has 1 aromatic carbocycles. The highest BCUT2D eigenvalue weighted by Crippen LogP contribution is 2.18. The van der Waals surface area contributed by atoms with Crippen molar-refractivity contribution in [3.05, 3.63) is 27.8 Å². The van der Waals surface area contributed by atoms with E-state index in [1.807, 2.05) is 26.0 Å². The molecule has 1 aromatic rings. The van der Waals surface area contributed by atoms with E-state index in [9.17, 15) is 13.2 Å². The van der Waals surface area contributed by atoms with Crippen LogP contribution >= 0.6 is 22.6 Å². The number of sulfonamides is 1. The van der Waals surface area contributed by atoms with Crippen molar-refractivity contribution in [2.45, 2.75) is 32.7 Å². The lowest BCUT2D eigenvalue weighted by Gasteiger charge is -2.23. The van der Waals surface area contributed by atoms with E-state index in [-0.39, 0.29) is 18.5 Å². The lowest BCUT2D eigenvalue weighted by atomic mass is 10.2. The number of hydrogen-bond acceptors (Lipinski definition) is 3. The molecule has 0 aromatic heterocycles. The molecule has 7 heteroatoms. The van der Waals surface area contributed by atoms with E-state index >= 15 is 0 Å². The first kappa shape index (κ1) is 18.2. The van der Waals surface area contributed by atoms with Crippen LogP contribution < -0.4 is 9.62 Å². The van der Waals surface area contributed by atoms with Gasteiger partial charge in [-0.25, -0.2) is 8.42 Å². The fourth-order valence-corrected chi connectivity index (χ4v) is 3.18. The number of hydrogen-bond donors (Lipinski definition) is 1. The molecule has 1 atom stereocenters. The lowest BCUT2D eigenvalue weighted by Crippen LogP contribution is -2.43. The van der Waals surface area contributed by atoms with Crippen LogP contribution in [0.5, 0.6) is 0 Å². The molecule has 0 heterocycles. The standard InChI is InChI=1S/C14H21IN2O3S/c1-4-5-11(2)16-14(18)10-17(21(3,19)20)13-8-6-12(15)7-9-13/h6-9,11H,4-5,10H2,1-3H3,(H,16,18)/t11-/m0/s1. The van der Waals surface area contributed by atoms with E-state index in [1.165, 1.54) is 0 Å². The summed E-state index contributed by atoms with van der Waals surface area (Å²) in [4.78, 5) is 12.0. The molecule has 0 saturated heterocycles. The Labute approximate surface area is 140 Å². The number of carbonyl (C=O) groups excluding carboxylic acids is 1. The van der Waals surface area contributed by atoms with Crippen LogP contribution in [0.25, 0.3) is 0 Å². The van der Waals surface area contributed by atoms with Gasteiger partial charge in [-0.2, -0.15) is 0 Å². The Morgan fingerprint density at radius 1 is 1.33 bits per heavy atom. The van der Waals surface area contributed by atoms with E-state index in [0.717, 1.165) is 27.0 Å². The van der Waals surface area contributed by atoms with Crippen LogP contribution in [0.3, 0.4) is 0 Å². The van der Waals surface area contributed by atoms with Crippen LogP contribution in [-0.2, 0) is 14.8 Å². The average molecular weight is 424 g/mol. The van der Waals surface area contributed by atoms with Gasteiger partial charge in [0.05, 0.1) is 11.9 Å². The second kappa shape index (κ2) is 7.98. The molecule has 1 rings (SSSR count). The summed E-state index contributed by atoms with van der Waals surface area (Å²) < 4.78 is 25.9. The smallest absolute Gasteiger partial charge is 0.240 e. The third kappa shape index (κ3) is 6.21. The average Bonchev–Trinajstić information content (AvgIpc) is 2.36. The van der Waals surface area contributed by atoms with Crippen LogP contribution in [-0.4, -0.2) is 33.2 Å². The van der Waals surface area contributed by atoms with Gasteiger partial charge in [-0.1, -0.05) is 13.3 Å². The zero-order valence-corrected chi connectivity index (χ0v) is 15.4. The molecule has 5 nitrogen and oxygen atoms in total. The summed E-state index contributed by atoms with van der Waals surface area (Å²) in [6, 6.07) is 7.06. The molecule has 118 valence electrons. The maximum Gasteiger partial charge on any atom is 0.240 e. The van der Waals surface area contributed by atoms with E-state index in [4.69, 9.17) is 0 Å². The summed E-state index contributed by atoms with van der Waals surface area (Å²) in [5.74, 6) is -0.292. The van der Waals surface area contributed by atoms with Gasteiger partial charge >= 0.3 is 0 Å². The number of halogens is 1. The molecule has 0 unspecified atom stereocenters. The largest absolute Gasteiger partial charge is 0.352 e. The Balaban J connectivity index is 2.86. The quantitative estimate of drug-likeness (QED) is 0.684. The van der Waals surface area contributed by atoms with Crippen LogP contribution in [0.1, 0.15) is 26.7 Å². The first-order valence-corrected chi connectivity index (χ1v) is 9.69. The van der Waals surface area contributed by atoms with Crippen LogP contribution in [0.2, 0.25) is 0 Å². The minimum atomic E-state index is -3.50. The fourth-order valence-electron chi connectivity index (χ4n) is 1.96. The SMILES string of the molecule is CCC[C@H](C)NC(=O)CN(c1ccc(I)cc1)S(C)(=O)=O. The molecule has 0 saturated carbocycles. The van der Waals surface area contributed by atoms with Crippen molar-refractivity contribution in [2.75, 3.05) is 17.1 Å². The van der Waals surface area contributed by atoms with E-state index in [2.05, 4.69) is 27.9 Å². The van der Waals surface area contributed by atoms with Gasteiger partial charge in [0.2, 0.25) is 15.9 Å². The van der Waals surface area contributed by atoms with Crippen molar-refractivity contribution in [1.29, 1.82) is 0 Å². The van der Waals surface area contributed by atoms with Crippen molar-refractivity contribution in [3.8, 4) is 0 Å². The lowest BCUT2D eigenvalue weighted by molar-refractivity contribution is -0.120. The van der Waals surface area contributed by atoms with E-state index in [1.54, 1.807) is 12.1 Å². The highest BCUT2D eigenvalue weighted by molar-refractivity contribution is 14.1. The molecule has 0 fully saturated rings. The van der Waals surface area contributed by atoms with Crippen molar-refractivity contribution in [1.82, 2.24) is 5.32 Å². The third-order valence-electron chi connectivity index (χ3n) is 2.93. The Bertz CT molecular complexity index is 572. The summed E-state index contributed by atoms with van der Waals surface area (Å²) in [5.41, 5.74) is 0.496. The molecule has 0 aliphatic heterocycles. The van der Waals surface area contributed by atoms with E-state index < -0.39 is 10.0 Å². The second-order valence-corrected chi connectivity index (χ2v) is 8.16. The summed E-state index contributed by atoms with van der Waals surface area (Å²) in [5, 5.41) is 2.82. The minimum Gasteiger partial charge on any atom is -0.352 e. The van der Waals surface area contributed by atoms with Crippen LogP contribution in [0.15, 0.2) is 24.3 Å². The van der Waals surface area contributed by atoms with Crippen molar-refractivity contribution < 1.29 is 13.2 Å². The number of benzene rings is 1. The number of carbonyl (C=O) groups is 1. The molecule has 21 heavy (non-hydrogen) atoms. The second-order valence-electron chi connectivity index (χ2n) is 5.00. The van der Waals surface area contributed by atoms with Crippen molar-refractivity contribution in [3.63, 3.8) is 0 Å². The maximum atomic E-state index is 12.0. The van der Waals surface area contributed by atoms with Crippen LogP contribution in [0.4, 0.5) is 5.69 Å². The molecule has 0 radical (unpaired) electrons. The van der Waals surface area contributed by atoms with Gasteiger partial charge in [-0.05, 0) is 60.2 Å². The van der Waals surface area contributed by atoms with Gasteiger partial charge in [0.25, 0.3) is 0 Å². The zero-order chi connectivity index (χ0) is 16.0. The highest BCUT2D eigenvalue weighted by atomic mass is 127. The summed E-state index contributed by atoms with van der Waals surface area (Å²) in [6.07, 6.45) is 2.94. The molecular weight excluding hydrogens is 403 g/mol. The first-order valence-electron chi connectivity index (χ1n) is 6.76. The normalized spacial score (nSPS) is 12.8. The molecule has 1 amide bonds. The van der Waals surface area contributed by atoms with Crippen LogP contribution in [0, 0.1) is 3.57 Å². The fraction of sp³-hybridized carbons (Fsp3) is 0.500. The Kier molecular flexibility index (Phi) is 6.92. The Hall–Kier alpha value is -0.830. The number of nitrogens with zero attached hydrogens (tertiary/aromatic N) is 1. The number of amides is 1. The van der Waals surface area contributed by atoms with Gasteiger partial charge in [-0.3, -0.25) is 9.10 Å².